The lowest BCUT2D eigenvalue weighted by Crippen LogP contribution is -2.13. The molecule has 0 bridgehead atoms. The van der Waals surface area contributed by atoms with Crippen molar-refractivity contribution in [2.75, 3.05) is 12.4 Å². The summed E-state index contributed by atoms with van der Waals surface area (Å²) in [6.45, 7) is 0.210. The maximum atomic E-state index is 13.1. The van der Waals surface area contributed by atoms with Gasteiger partial charge in [-0.1, -0.05) is 51.8 Å². The maximum absolute atomic E-state index is 13.1. The number of hydrogen-bond donors (Lipinski definition) is 1. The summed E-state index contributed by atoms with van der Waals surface area (Å²) in [7, 11) is 1.48. The first-order valence-corrected chi connectivity index (χ1v) is 10.5. The Kier molecular flexibility index (Phi) is 7.87. The van der Waals surface area contributed by atoms with Gasteiger partial charge in [0, 0.05) is 4.47 Å². The predicted molar refractivity (Wildman–Crippen MR) is 125 cm³/mol. The number of para-hydroxylation sites is 1. The zero-order chi connectivity index (χ0) is 23.1. The molecule has 0 saturated heterocycles. The molecule has 0 radical (unpaired) electrons. The van der Waals surface area contributed by atoms with E-state index in [4.69, 9.17) is 21.1 Å². The molecular formula is C24H17BrClFN2O3. The van der Waals surface area contributed by atoms with Gasteiger partial charge in [0.05, 0.1) is 17.8 Å². The average molecular weight is 516 g/mol. The van der Waals surface area contributed by atoms with Gasteiger partial charge >= 0.3 is 0 Å². The van der Waals surface area contributed by atoms with Crippen LogP contribution in [0.5, 0.6) is 11.5 Å². The predicted octanol–water partition coefficient (Wildman–Crippen LogP) is 6.37. The van der Waals surface area contributed by atoms with Crippen LogP contribution in [0.1, 0.15) is 11.1 Å². The lowest BCUT2D eigenvalue weighted by atomic mass is 10.1. The van der Waals surface area contributed by atoms with E-state index in [1.807, 2.05) is 6.07 Å². The molecule has 1 N–H and O–H groups in total. The number of nitriles is 1. The molecule has 0 fully saturated rings. The molecule has 1 amide bonds. The smallest absolute Gasteiger partial charge is 0.266 e. The van der Waals surface area contributed by atoms with Gasteiger partial charge in [-0.15, -0.1) is 0 Å². The first kappa shape index (κ1) is 23.3. The van der Waals surface area contributed by atoms with Crippen LogP contribution in [-0.4, -0.2) is 13.0 Å². The number of ether oxygens (including phenoxy) is 2. The van der Waals surface area contributed by atoms with Gasteiger partial charge in [0.15, 0.2) is 11.5 Å². The topological polar surface area (TPSA) is 71.3 Å². The van der Waals surface area contributed by atoms with Crippen LogP contribution in [0.4, 0.5) is 10.1 Å². The second-order valence-corrected chi connectivity index (χ2v) is 7.81. The molecule has 162 valence electrons. The molecule has 32 heavy (non-hydrogen) atoms. The number of carbonyl (C=O) groups is 1. The van der Waals surface area contributed by atoms with E-state index < -0.39 is 5.91 Å². The van der Waals surface area contributed by atoms with Crippen LogP contribution in [0.3, 0.4) is 0 Å². The van der Waals surface area contributed by atoms with Crippen molar-refractivity contribution in [3.63, 3.8) is 0 Å². The Hall–Kier alpha value is -3.34. The summed E-state index contributed by atoms with van der Waals surface area (Å²) in [5.41, 5.74) is 1.62. The first-order valence-electron chi connectivity index (χ1n) is 9.33. The number of hydrogen-bond acceptors (Lipinski definition) is 4. The molecule has 3 rings (SSSR count). The van der Waals surface area contributed by atoms with E-state index >= 15 is 0 Å². The molecular weight excluding hydrogens is 499 g/mol. The van der Waals surface area contributed by atoms with E-state index in [2.05, 4.69) is 21.2 Å². The number of halogens is 3. The van der Waals surface area contributed by atoms with Crippen LogP contribution in [0, 0.1) is 17.1 Å². The largest absolute Gasteiger partial charge is 0.493 e. The van der Waals surface area contributed by atoms with Gasteiger partial charge in [-0.25, -0.2) is 4.39 Å². The van der Waals surface area contributed by atoms with E-state index in [0.717, 1.165) is 5.56 Å². The highest BCUT2D eigenvalue weighted by Gasteiger charge is 2.15. The van der Waals surface area contributed by atoms with Gasteiger partial charge in [0.2, 0.25) is 0 Å². The number of nitrogens with zero attached hydrogens (tertiary/aromatic N) is 1. The first-order chi connectivity index (χ1) is 15.4. The zero-order valence-electron chi connectivity index (χ0n) is 16.9. The fourth-order valence-corrected chi connectivity index (χ4v) is 3.35. The van der Waals surface area contributed by atoms with Crippen molar-refractivity contribution < 1.29 is 18.7 Å². The van der Waals surface area contributed by atoms with Crippen LogP contribution < -0.4 is 14.8 Å². The number of carbonyl (C=O) groups excluding carboxylic acids is 1. The van der Waals surface area contributed by atoms with Crippen molar-refractivity contribution in [3.8, 4) is 17.6 Å². The van der Waals surface area contributed by atoms with Crippen molar-refractivity contribution in [2.24, 2.45) is 0 Å². The number of methoxy groups -OCH3 is 1. The average Bonchev–Trinajstić information content (AvgIpc) is 2.79. The van der Waals surface area contributed by atoms with Crippen LogP contribution in [-0.2, 0) is 11.4 Å². The van der Waals surface area contributed by atoms with E-state index in [9.17, 15) is 14.4 Å². The number of amides is 1. The second-order valence-electron chi connectivity index (χ2n) is 6.54. The molecule has 0 aliphatic carbocycles. The maximum Gasteiger partial charge on any atom is 0.266 e. The number of benzene rings is 3. The fraction of sp³-hybridized carbons (Fsp3) is 0.0833. The Balaban J connectivity index is 1.82. The lowest BCUT2D eigenvalue weighted by Gasteiger charge is -2.13. The van der Waals surface area contributed by atoms with Crippen LogP contribution in [0.25, 0.3) is 6.08 Å². The Morgan fingerprint density at radius 1 is 1.19 bits per heavy atom. The third-order valence-corrected chi connectivity index (χ3v) is 5.39. The molecule has 0 spiro atoms. The van der Waals surface area contributed by atoms with E-state index in [-0.39, 0.29) is 18.0 Å². The summed E-state index contributed by atoms with van der Waals surface area (Å²) in [6, 6.07) is 17.9. The minimum Gasteiger partial charge on any atom is -0.493 e. The van der Waals surface area contributed by atoms with Crippen molar-refractivity contribution in [1.82, 2.24) is 0 Å². The van der Waals surface area contributed by atoms with Gasteiger partial charge in [0.25, 0.3) is 5.91 Å². The monoisotopic (exact) mass is 514 g/mol. The minimum atomic E-state index is -0.594. The van der Waals surface area contributed by atoms with Crippen molar-refractivity contribution in [2.45, 2.75) is 6.61 Å². The second kappa shape index (κ2) is 10.8. The van der Waals surface area contributed by atoms with E-state index in [1.54, 1.807) is 48.5 Å². The summed E-state index contributed by atoms with van der Waals surface area (Å²) in [4.78, 5) is 12.6. The quantitative estimate of drug-likeness (QED) is 0.293. The van der Waals surface area contributed by atoms with E-state index in [1.165, 1.54) is 25.3 Å². The fourth-order valence-electron chi connectivity index (χ4n) is 2.73. The molecule has 3 aromatic rings. The van der Waals surface area contributed by atoms with Crippen LogP contribution in [0.2, 0.25) is 5.02 Å². The Morgan fingerprint density at radius 2 is 1.91 bits per heavy atom. The summed E-state index contributed by atoms with van der Waals surface area (Å²) < 4.78 is 24.9. The highest BCUT2D eigenvalue weighted by molar-refractivity contribution is 9.10. The standard InChI is InChI=1S/C24H17BrClFN2O3/c1-31-22-11-16(10-17(13-28)24(30)29-21-5-3-2-4-20(21)26)19(25)12-23(22)32-14-15-6-8-18(27)9-7-15/h2-12H,14H2,1H3,(H,29,30)/b17-10+. The molecule has 3 aromatic carbocycles. The molecule has 8 heteroatoms. The molecule has 0 aliphatic rings. The van der Waals surface area contributed by atoms with Gasteiger partial charge in [-0.2, -0.15) is 5.26 Å². The van der Waals surface area contributed by atoms with Gasteiger partial charge < -0.3 is 14.8 Å². The van der Waals surface area contributed by atoms with Crippen molar-refractivity contribution in [1.29, 1.82) is 5.26 Å². The van der Waals surface area contributed by atoms with Gasteiger partial charge in [-0.05, 0) is 53.6 Å². The highest BCUT2D eigenvalue weighted by atomic mass is 79.9. The Bertz CT molecular complexity index is 1210. The van der Waals surface area contributed by atoms with Gasteiger partial charge in [0.1, 0.15) is 24.1 Å². The summed E-state index contributed by atoms with van der Waals surface area (Å²) in [5, 5.41) is 12.5. The molecule has 0 heterocycles. The zero-order valence-corrected chi connectivity index (χ0v) is 19.2. The molecule has 0 aliphatic heterocycles. The normalized spacial score (nSPS) is 10.9. The Labute approximate surface area is 198 Å². The molecule has 0 aromatic heterocycles. The highest BCUT2D eigenvalue weighted by Crippen LogP contribution is 2.35. The third-order valence-electron chi connectivity index (χ3n) is 4.38. The van der Waals surface area contributed by atoms with Crippen LogP contribution in [0.15, 0.2) is 70.7 Å². The summed E-state index contributed by atoms with van der Waals surface area (Å²) >= 11 is 9.51. The number of anilines is 1. The van der Waals surface area contributed by atoms with Crippen LogP contribution >= 0.6 is 27.5 Å². The third kappa shape index (κ3) is 5.88. The Morgan fingerprint density at radius 3 is 2.56 bits per heavy atom. The number of rotatable bonds is 7. The SMILES string of the molecule is COc1cc(/C=C(\C#N)C(=O)Nc2ccccc2Cl)c(Br)cc1OCc1ccc(F)cc1. The van der Waals surface area contributed by atoms with Crippen molar-refractivity contribution >= 4 is 45.2 Å². The number of nitrogens with one attached hydrogen (secondary N) is 1. The van der Waals surface area contributed by atoms with Crippen molar-refractivity contribution in [3.05, 3.63) is 92.7 Å². The molecule has 0 saturated carbocycles. The molecule has 5 nitrogen and oxygen atoms in total. The van der Waals surface area contributed by atoms with E-state index in [0.29, 0.717) is 32.2 Å². The molecule has 0 unspecified atom stereocenters. The summed E-state index contributed by atoms with van der Waals surface area (Å²) in [5.74, 6) is -0.0644. The molecule has 0 atom stereocenters. The minimum absolute atomic E-state index is 0.118. The summed E-state index contributed by atoms with van der Waals surface area (Å²) in [6.07, 6.45) is 1.43. The lowest BCUT2D eigenvalue weighted by molar-refractivity contribution is -0.112. The van der Waals surface area contributed by atoms with Gasteiger partial charge in [-0.3, -0.25) is 4.79 Å².